The summed E-state index contributed by atoms with van der Waals surface area (Å²) in [5, 5.41) is 11.5. The van der Waals surface area contributed by atoms with Crippen molar-refractivity contribution in [2.75, 3.05) is 13.4 Å². The SMILES string of the molecule is CCOCOc1ccc2nc(-c3ccc([N+](=O)[O-])cc3)sc2c1. The van der Waals surface area contributed by atoms with Crippen molar-refractivity contribution in [3.63, 3.8) is 0 Å². The van der Waals surface area contributed by atoms with Crippen LogP contribution >= 0.6 is 11.3 Å². The Balaban J connectivity index is 1.85. The number of hydrogen-bond donors (Lipinski definition) is 0. The maximum absolute atomic E-state index is 10.7. The van der Waals surface area contributed by atoms with E-state index in [1.165, 1.54) is 23.5 Å². The van der Waals surface area contributed by atoms with Crippen LogP contribution in [0, 0.1) is 10.1 Å². The molecule has 0 unspecified atom stereocenters. The highest BCUT2D eigenvalue weighted by atomic mass is 32.1. The van der Waals surface area contributed by atoms with Crippen LogP contribution < -0.4 is 4.74 Å². The van der Waals surface area contributed by atoms with Gasteiger partial charge in [0.2, 0.25) is 0 Å². The van der Waals surface area contributed by atoms with Crippen LogP contribution in [0.25, 0.3) is 20.8 Å². The second-order valence-corrected chi connectivity index (χ2v) is 5.74. The summed E-state index contributed by atoms with van der Waals surface area (Å²) < 4.78 is 11.7. The third-order valence-electron chi connectivity index (χ3n) is 3.20. The van der Waals surface area contributed by atoms with Crippen LogP contribution in [0.15, 0.2) is 42.5 Å². The van der Waals surface area contributed by atoms with Gasteiger partial charge >= 0.3 is 0 Å². The Morgan fingerprint density at radius 2 is 2.00 bits per heavy atom. The van der Waals surface area contributed by atoms with Crippen molar-refractivity contribution in [3.05, 3.63) is 52.6 Å². The van der Waals surface area contributed by atoms with E-state index in [9.17, 15) is 10.1 Å². The van der Waals surface area contributed by atoms with Gasteiger partial charge in [0.25, 0.3) is 5.69 Å². The number of aromatic nitrogens is 1. The van der Waals surface area contributed by atoms with Crippen LogP contribution in [0.5, 0.6) is 5.75 Å². The Bertz CT molecular complexity index is 830. The summed E-state index contributed by atoms with van der Waals surface area (Å²) >= 11 is 1.52. The quantitative estimate of drug-likeness (QED) is 0.292. The molecule has 118 valence electrons. The predicted octanol–water partition coefficient (Wildman–Crippen LogP) is 4.24. The highest BCUT2D eigenvalue weighted by Gasteiger charge is 2.10. The van der Waals surface area contributed by atoms with Gasteiger partial charge in [-0.15, -0.1) is 11.3 Å². The van der Waals surface area contributed by atoms with Crippen molar-refractivity contribution in [3.8, 4) is 16.3 Å². The molecule has 7 heteroatoms. The number of benzene rings is 2. The standard InChI is InChI=1S/C16H14N2O4S/c1-2-21-10-22-13-7-8-14-15(9-13)23-16(17-14)11-3-5-12(6-4-11)18(19)20/h3-9H,2,10H2,1H3. The summed E-state index contributed by atoms with van der Waals surface area (Å²) in [6.07, 6.45) is 0. The first-order chi connectivity index (χ1) is 11.2. The average molecular weight is 330 g/mol. The molecule has 0 bridgehead atoms. The van der Waals surface area contributed by atoms with Gasteiger partial charge in [0.15, 0.2) is 6.79 Å². The van der Waals surface area contributed by atoms with Crippen LogP contribution in [-0.4, -0.2) is 23.3 Å². The molecule has 0 fully saturated rings. The van der Waals surface area contributed by atoms with Crippen LogP contribution in [-0.2, 0) is 4.74 Å². The Morgan fingerprint density at radius 3 is 2.70 bits per heavy atom. The molecule has 0 N–H and O–H groups in total. The van der Waals surface area contributed by atoms with Crippen molar-refractivity contribution in [2.45, 2.75) is 6.92 Å². The molecule has 0 aliphatic rings. The second kappa shape index (κ2) is 6.72. The van der Waals surface area contributed by atoms with Gasteiger partial charge in [-0.3, -0.25) is 10.1 Å². The molecule has 0 atom stereocenters. The molecular formula is C16H14N2O4S. The van der Waals surface area contributed by atoms with E-state index in [1.807, 2.05) is 25.1 Å². The molecule has 3 aromatic rings. The fourth-order valence-electron chi connectivity index (χ4n) is 2.04. The van der Waals surface area contributed by atoms with E-state index in [0.29, 0.717) is 6.61 Å². The predicted molar refractivity (Wildman–Crippen MR) is 88.8 cm³/mol. The second-order valence-electron chi connectivity index (χ2n) is 4.71. The molecule has 1 heterocycles. The summed E-state index contributed by atoms with van der Waals surface area (Å²) in [5.74, 6) is 0.727. The topological polar surface area (TPSA) is 74.5 Å². The molecule has 2 aromatic carbocycles. The number of nitro benzene ring substituents is 1. The Labute approximate surface area is 136 Å². The Hall–Kier alpha value is -2.51. The molecule has 1 aromatic heterocycles. The molecule has 23 heavy (non-hydrogen) atoms. The molecule has 0 aliphatic carbocycles. The molecule has 0 radical (unpaired) electrons. The first-order valence-electron chi connectivity index (χ1n) is 7.03. The average Bonchev–Trinajstić information content (AvgIpc) is 2.98. The zero-order chi connectivity index (χ0) is 16.2. The number of nitro groups is 1. The summed E-state index contributed by atoms with van der Waals surface area (Å²) in [6, 6.07) is 12.0. The minimum Gasteiger partial charge on any atom is -0.468 e. The molecule has 0 amide bonds. The van der Waals surface area contributed by atoms with E-state index in [1.54, 1.807) is 12.1 Å². The fourth-order valence-corrected chi connectivity index (χ4v) is 3.04. The maximum Gasteiger partial charge on any atom is 0.269 e. The summed E-state index contributed by atoms with van der Waals surface area (Å²) in [7, 11) is 0. The highest BCUT2D eigenvalue weighted by molar-refractivity contribution is 7.21. The number of hydrogen-bond acceptors (Lipinski definition) is 6. The number of nitrogens with zero attached hydrogens (tertiary/aromatic N) is 2. The van der Waals surface area contributed by atoms with Gasteiger partial charge in [0.05, 0.1) is 15.1 Å². The van der Waals surface area contributed by atoms with E-state index >= 15 is 0 Å². The number of rotatable bonds is 6. The van der Waals surface area contributed by atoms with Crippen LogP contribution in [0.4, 0.5) is 5.69 Å². The minimum atomic E-state index is -0.413. The van der Waals surface area contributed by atoms with Crippen LogP contribution in [0.1, 0.15) is 6.92 Å². The van der Waals surface area contributed by atoms with Gasteiger partial charge in [-0.25, -0.2) is 4.98 Å². The van der Waals surface area contributed by atoms with Crippen molar-refractivity contribution < 1.29 is 14.4 Å². The third kappa shape index (κ3) is 3.46. The Morgan fingerprint density at radius 1 is 1.22 bits per heavy atom. The first-order valence-corrected chi connectivity index (χ1v) is 7.85. The van der Waals surface area contributed by atoms with Crippen LogP contribution in [0.3, 0.4) is 0 Å². The van der Waals surface area contributed by atoms with Crippen molar-refractivity contribution in [2.24, 2.45) is 0 Å². The van der Waals surface area contributed by atoms with Crippen molar-refractivity contribution in [1.82, 2.24) is 4.98 Å². The molecule has 0 spiro atoms. The zero-order valence-electron chi connectivity index (χ0n) is 12.4. The molecule has 0 saturated carbocycles. The lowest BCUT2D eigenvalue weighted by molar-refractivity contribution is -0.384. The van der Waals surface area contributed by atoms with Gasteiger partial charge < -0.3 is 9.47 Å². The Kier molecular flexibility index (Phi) is 4.50. The minimum absolute atomic E-state index is 0.0708. The van der Waals surface area contributed by atoms with Gasteiger partial charge in [-0.2, -0.15) is 0 Å². The maximum atomic E-state index is 10.7. The van der Waals surface area contributed by atoms with Gasteiger partial charge in [0, 0.05) is 24.3 Å². The highest BCUT2D eigenvalue weighted by Crippen LogP contribution is 2.33. The largest absolute Gasteiger partial charge is 0.468 e. The van der Waals surface area contributed by atoms with E-state index in [4.69, 9.17) is 9.47 Å². The number of fused-ring (bicyclic) bond motifs is 1. The number of thiazole rings is 1. The van der Waals surface area contributed by atoms with E-state index in [0.717, 1.165) is 26.5 Å². The van der Waals surface area contributed by atoms with Crippen LogP contribution in [0.2, 0.25) is 0 Å². The monoisotopic (exact) mass is 330 g/mol. The summed E-state index contributed by atoms with van der Waals surface area (Å²) in [4.78, 5) is 14.8. The van der Waals surface area contributed by atoms with Crippen molar-refractivity contribution >= 4 is 27.2 Å². The van der Waals surface area contributed by atoms with Gasteiger partial charge in [-0.05, 0) is 37.3 Å². The van der Waals surface area contributed by atoms with Gasteiger partial charge in [-0.1, -0.05) is 0 Å². The number of ether oxygens (including phenoxy) is 2. The summed E-state index contributed by atoms with van der Waals surface area (Å²) in [5.41, 5.74) is 1.79. The molecule has 6 nitrogen and oxygen atoms in total. The fraction of sp³-hybridized carbons (Fsp3) is 0.188. The molecule has 0 saturated heterocycles. The normalized spacial score (nSPS) is 10.8. The lowest BCUT2D eigenvalue weighted by Gasteiger charge is -2.04. The summed E-state index contributed by atoms with van der Waals surface area (Å²) in [6.45, 7) is 2.73. The molecular weight excluding hydrogens is 316 g/mol. The van der Waals surface area contributed by atoms with E-state index in [2.05, 4.69) is 4.98 Å². The first kappa shape index (κ1) is 15.4. The van der Waals surface area contributed by atoms with Crippen molar-refractivity contribution in [1.29, 1.82) is 0 Å². The molecule has 3 rings (SSSR count). The lowest BCUT2D eigenvalue weighted by atomic mass is 10.2. The van der Waals surface area contributed by atoms with Gasteiger partial charge in [0.1, 0.15) is 10.8 Å². The molecule has 0 aliphatic heterocycles. The van der Waals surface area contributed by atoms with E-state index in [-0.39, 0.29) is 12.5 Å². The third-order valence-corrected chi connectivity index (χ3v) is 4.27. The number of non-ortho nitro benzene ring substituents is 1. The smallest absolute Gasteiger partial charge is 0.269 e. The zero-order valence-corrected chi connectivity index (χ0v) is 13.2. The lowest BCUT2D eigenvalue weighted by Crippen LogP contribution is -2.01. The van der Waals surface area contributed by atoms with E-state index < -0.39 is 4.92 Å².